The van der Waals surface area contributed by atoms with Crippen molar-refractivity contribution < 1.29 is 29.0 Å². The molecule has 1 atom stereocenters. The first-order chi connectivity index (χ1) is 13.6. The minimum Gasteiger partial charge on any atom is -0.479 e. The predicted octanol–water partition coefficient (Wildman–Crippen LogP) is 4.09. The normalized spacial score (nSPS) is 11.8. The van der Waals surface area contributed by atoms with E-state index in [9.17, 15) is 19.5 Å². The van der Waals surface area contributed by atoms with Crippen molar-refractivity contribution in [2.24, 2.45) is 0 Å². The molecule has 0 aliphatic rings. The maximum Gasteiger partial charge on any atom is 0.411 e. The molecule has 2 aromatic carbocycles. The van der Waals surface area contributed by atoms with Crippen molar-refractivity contribution in [1.29, 1.82) is 0 Å². The Balaban J connectivity index is 2.02. The molecule has 0 aliphatic carbocycles. The van der Waals surface area contributed by atoms with Gasteiger partial charge in [-0.15, -0.1) is 0 Å². The second-order valence-electron chi connectivity index (χ2n) is 7.23. The van der Waals surface area contributed by atoms with Crippen molar-refractivity contribution in [2.75, 3.05) is 5.32 Å². The first kappa shape index (κ1) is 21.7. The number of nitrogens with one attached hydrogen (secondary N) is 2. The van der Waals surface area contributed by atoms with Gasteiger partial charge in [0.15, 0.2) is 6.04 Å². The van der Waals surface area contributed by atoms with Gasteiger partial charge in [0.1, 0.15) is 12.2 Å². The number of hydrogen-bond acceptors (Lipinski definition) is 5. The quantitative estimate of drug-likeness (QED) is 0.673. The van der Waals surface area contributed by atoms with Crippen molar-refractivity contribution in [3.8, 4) is 0 Å². The van der Waals surface area contributed by atoms with Crippen LogP contribution in [0.15, 0.2) is 54.6 Å². The van der Waals surface area contributed by atoms with Crippen molar-refractivity contribution >= 4 is 23.8 Å². The van der Waals surface area contributed by atoms with E-state index in [-0.39, 0.29) is 12.2 Å². The fourth-order valence-corrected chi connectivity index (χ4v) is 2.39. The first-order valence-electron chi connectivity index (χ1n) is 8.94. The number of carbonyl (C=O) groups excluding carboxylic acids is 2. The molecule has 8 heteroatoms. The van der Waals surface area contributed by atoms with E-state index >= 15 is 0 Å². The molecule has 2 aromatic rings. The fourth-order valence-electron chi connectivity index (χ4n) is 2.39. The number of aliphatic carboxylic acids is 1. The van der Waals surface area contributed by atoms with Crippen LogP contribution in [0.25, 0.3) is 0 Å². The molecule has 0 heterocycles. The van der Waals surface area contributed by atoms with E-state index in [0.717, 1.165) is 5.56 Å². The Morgan fingerprint density at radius 2 is 1.69 bits per heavy atom. The molecule has 29 heavy (non-hydrogen) atoms. The van der Waals surface area contributed by atoms with Gasteiger partial charge in [0, 0.05) is 5.69 Å². The second-order valence-corrected chi connectivity index (χ2v) is 7.23. The van der Waals surface area contributed by atoms with Crippen molar-refractivity contribution in [3.63, 3.8) is 0 Å². The van der Waals surface area contributed by atoms with Gasteiger partial charge in [0.25, 0.3) is 0 Å². The van der Waals surface area contributed by atoms with Crippen LogP contribution in [-0.4, -0.2) is 28.9 Å². The van der Waals surface area contributed by atoms with Crippen LogP contribution in [0.1, 0.15) is 37.9 Å². The summed E-state index contributed by atoms with van der Waals surface area (Å²) in [7, 11) is 0. The molecule has 0 unspecified atom stereocenters. The van der Waals surface area contributed by atoms with Gasteiger partial charge < -0.3 is 19.9 Å². The highest BCUT2D eigenvalue weighted by Gasteiger charge is 2.25. The number of carboxylic acids is 1. The molecule has 0 saturated heterocycles. The number of hydrogen-bond donors (Lipinski definition) is 3. The molecule has 0 radical (unpaired) electrons. The third-order valence-electron chi connectivity index (χ3n) is 3.59. The van der Waals surface area contributed by atoms with Crippen LogP contribution >= 0.6 is 0 Å². The Morgan fingerprint density at radius 1 is 1.00 bits per heavy atom. The standard InChI is InChI=1S/C21H24N2O6/c1-21(2,3)29-20(27)23-17(18(24)25)15-10-7-11-16(12-15)22-19(26)28-13-14-8-5-4-6-9-14/h4-12,17H,13H2,1-3H3,(H,22,26)(H,23,27)(H,24,25)/t17-/m0/s1. The lowest BCUT2D eigenvalue weighted by atomic mass is 10.1. The zero-order valence-corrected chi connectivity index (χ0v) is 16.5. The average Bonchev–Trinajstić information content (AvgIpc) is 2.64. The maximum absolute atomic E-state index is 12.0. The van der Waals surface area contributed by atoms with Gasteiger partial charge in [-0.25, -0.2) is 14.4 Å². The third kappa shape index (κ3) is 7.53. The van der Waals surface area contributed by atoms with E-state index in [4.69, 9.17) is 9.47 Å². The topological polar surface area (TPSA) is 114 Å². The summed E-state index contributed by atoms with van der Waals surface area (Å²) in [5, 5.41) is 14.3. The van der Waals surface area contributed by atoms with Gasteiger partial charge in [-0.2, -0.15) is 0 Å². The number of amides is 2. The van der Waals surface area contributed by atoms with E-state index in [0.29, 0.717) is 5.69 Å². The number of carbonyl (C=O) groups is 3. The molecule has 3 N–H and O–H groups in total. The molecule has 154 valence electrons. The number of carboxylic acid groups (broad SMARTS) is 1. The van der Waals surface area contributed by atoms with Gasteiger partial charge in [-0.3, -0.25) is 5.32 Å². The van der Waals surface area contributed by atoms with E-state index in [2.05, 4.69) is 10.6 Å². The molecule has 0 aromatic heterocycles. The van der Waals surface area contributed by atoms with Gasteiger partial charge in [-0.1, -0.05) is 42.5 Å². The van der Waals surface area contributed by atoms with Crippen LogP contribution in [0.4, 0.5) is 15.3 Å². The molecule has 2 amide bonds. The van der Waals surface area contributed by atoms with E-state index in [1.165, 1.54) is 12.1 Å². The Bertz CT molecular complexity index is 861. The maximum atomic E-state index is 12.0. The largest absolute Gasteiger partial charge is 0.479 e. The molecule has 2 rings (SSSR count). The molecular formula is C21H24N2O6. The smallest absolute Gasteiger partial charge is 0.411 e. The Morgan fingerprint density at radius 3 is 2.31 bits per heavy atom. The summed E-state index contributed by atoms with van der Waals surface area (Å²) in [6, 6.07) is 14.0. The van der Waals surface area contributed by atoms with Crippen molar-refractivity contribution in [3.05, 3.63) is 65.7 Å². The summed E-state index contributed by atoms with van der Waals surface area (Å²) < 4.78 is 10.2. The molecule has 0 spiro atoms. The summed E-state index contributed by atoms with van der Waals surface area (Å²) in [6.07, 6.45) is -1.54. The van der Waals surface area contributed by atoms with Crippen molar-refractivity contribution in [1.82, 2.24) is 5.32 Å². The monoisotopic (exact) mass is 400 g/mol. The SMILES string of the molecule is CC(C)(C)OC(=O)N[C@H](C(=O)O)c1cccc(NC(=O)OCc2ccccc2)c1. The zero-order valence-electron chi connectivity index (χ0n) is 16.5. The van der Waals surface area contributed by atoms with Gasteiger partial charge in [0.05, 0.1) is 0 Å². The van der Waals surface area contributed by atoms with Gasteiger partial charge >= 0.3 is 18.2 Å². The average molecular weight is 400 g/mol. The summed E-state index contributed by atoms with van der Waals surface area (Å²) in [4.78, 5) is 35.6. The van der Waals surface area contributed by atoms with Gasteiger partial charge in [0.2, 0.25) is 0 Å². The minimum absolute atomic E-state index is 0.102. The fraction of sp³-hybridized carbons (Fsp3) is 0.286. The van der Waals surface area contributed by atoms with Crippen LogP contribution in [0.3, 0.4) is 0 Å². The number of benzene rings is 2. The van der Waals surface area contributed by atoms with Crippen molar-refractivity contribution in [2.45, 2.75) is 39.0 Å². The number of anilines is 1. The molecular weight excluding hydrogens is 376 g/mol. The lowest BCUT2D eigenvalue weighted by Gasteiger charge is -2.22. The van der Waals surface area contributed by atoms with E-state index < -0.39 is 29.8 Å². The van der Waals surface area contributed by atoms with Crippen LogP contribution < -0.4 is 10.6 Å². The Labute approximate surface area is 168 Å². The molecule has 0 fully saturated rings. The van der Waals surface area contributed by atoms with Crippen LogP contribution in [0.2, 0.25) is 0 Å². The molecule has 0 aliphatic heterocycles. The lowest BCUT2D eigenvalue weighted by Crippen LogP contribution is -2.38. The highest BCUT2D eigenvalue weighted by atomic mass is 16.6. The van der Waals surface area contributed by atoms with Crippen LogP contribution in [0, 0.1) is 0 Å². The second kappa shape index (κ2) is 9.59. The number of alkyl carbamates (subject to hydrolysis) is 1. The highest BCUT2D eigenvalue weighted by molar-refractivity contribution is 5.86. The number of ether oxygens (including phenoxy) is 2. The zero-order chi connectivity index (χ0) is 21.4. The summed E-state index contributed by atoms with van der Waals surface area (Å²) >= 11 is 0. The predicted molar refractivity (Wildman–Crippen MR) is 106 cm³/mol. The van der Waals surface area contributed by atoms with Crippen LogP contribution in [0.5, 0.6) is 0 Å². The number of rotatable bonds is 6. The summed E-state index contributed by atoms with van der Waals surface area (Å²) in [6.45, 7) is 5.13. The Kier molecular flexibility index (Phi) is 7.19. The van der Waals surface area contributed by atoms with Gasteiger partial charge in [-0.05, 0) is 44.0 Å². The highest BCUT2D eigenvalue weighted by Crippen LogP contribution is 2.19. The van der Waals surface area contributed by atoms with E-state index in [1.807, 2.05) is 30.3 Å². The molecule has 0 bridgehead atoms. The molecule has 0 saturated carbocycles. The summed E-state index contributed by atoms with van der Waals surface area (Å²) in [5.74, 6) is -1.26. The summed E-state index contributed by atoms with van der Waals surface area (Å²) in [5.41, 5.74) is 0.671. The first-order valence-corrected chi connectivity index (χ1v) is 8.94. The Hall–Kier alpha value is -3.55. The lowest BCUT2D eigenvalue weighted by molar-refractivity contribution is -0.139. The molecule has 8 nitrogen and oxygen atoms in total. The third-order valence-corrected chi connectivity index (χ3v) is 3.59. The van der Waals surface area contributed by atoms with Crippen LogP contribution in [-0.2, 0) is 20.9 Å². The minimum atomic E-state index is -1.34. The van der Waals surface area contributed by atoms with E-state index in [1.54, 1.807) is 32.9 Å².